The first-order valence-electron chi connectivity index (χ1n) is 13.0. The SMILES string of the molecule is COCCNC(=O)c1ccc2nn(CC3CCCC(CC(=O)c4cc5cc(Cl)ccc5[nH]4)C3)cc2c1C. The summed E-state index contributed by atoms with van der Waals surface area (Å²) in [5.74, 6) is 0.909. The number of carbonyl (C=O) groups is 2. The van der Waals surface area contributed by atoms with Crippen LogP contribution >= 0.6 is 11.6 Å². The number of hydrogen-bond acceptors (Lipinski definition) is 4. The fourth-order valence-electron chi connectivity index (χ4n) is 5.63. The highest BCUT2D eigenvalue weighted by atomic mass is 35.5. The zero-order chi connectivity index (χ0) is 25.9. The topological polar surface area (TPSA) is 89.0 Å². The Hall–Kier alpha value is -3.16. The molecule has 0 radical (unpaired) electrons. The maximum atomic E-state index is 13.0. The number of carbonyl (C=O) groups excluding carboxylic acids is 2. The van der Waals surface area contributed by atoms with Crippen molar-refractivity contribution in [3.8, 4) is 0 Å². The van der Waals surface area contributed by atoms with E-state index >= 15 is 0 Å². The molecule has 2 N–H and O–H groups in total. The lowest BCUT2D eigenvalue weighted by Gasteiger charge is -2.28. The van der Waals surface area contributed by atoms with Gasteiger partial charge in [0.25, 0.3) is 5.91 Å². The summed E-state index contributed by atoms with van der Waals surface area (Å²) in [6, 6.07) is 11.3. The molecule has 2 aromatic heterocycles. The van der Waals surface area contributed by atoms with E-state index in [-0.39, 0.29) is 11.7 Å². The zero-order valence-corrected chi connectivity index (χ0v) is 22.1. The van der Waals surface area contributed by atoms with Crippen molar-refractivity contribution in [1.29, 1.82) is 0 Å². The van der Waals surface area contributed by atoms with Crippen molar-refractivity contribution in [2.45, 2.75) is 45.6 Å². The fourth-order valence-corrected chi connectivity index (χ4v) is 5.81. The van der Waals surface area contributed by atoms with Crippen LogP contribution in [-0.2, 0) is 11.3 Å². The Bertz CT molecular complexity index is 1440. The van der Waals surface area contributed by atoms with Crippen LogP contribution in [0.1, 0.15) is 58.5 Å². The Labute approximate surface area is 221 Å². The third kappa shape index (κ3) is 5.73. The molecule has 1 saturated carbocycles. The van der Waals surface area contributed by atoms with Crippen LogP contribution in [-0.4, -0.2) is 46.7 Å². The number of ketones is 1. The van der Waals surface area contributed by atoms with Gasteiger partial charge in [0, 0.05) is 59.7 Å². The van der Waals surface area contributed by atoms with Crippen molar-refractivity contribution < 1.29 is 14.3 Å². The van der Waals surface area contributed by atoms with Crippen LogP contribution in [0.4, 0.5) is 0 Å². The first-order chi connectivity index (χ1) is 17.9. The van der Waals surface area contributed by atoms with Gasteiger partial charge in [-0.1, -0.05) is 18.0 Å². The van der Waals surface area contributed by atoms with Crippen molar-refractivity contribution in [1.82, 2.24) is 20.1 Å². The molecule has 1 amide bonds. The fraction of sp³-hybridized carbons (Fsp3) is 0.414. The number of benzene rings is 2. The lowest BCUT2D eigenvalue weighted by molar-refractivity contribution is 0.0926. The lowest BCUT2D eigenvalue weighted by Crippen LogP contribution is -2.27. The van der Waals surface area contributed by atoms with Crippen molar-refractivity contribution >= 4 is 45.1 Å². The molecule has 0 saturated heterocycles. The van der Waals surface area contributed by atoms with Gasteiger partial charge < -0.3 is 15.0 Å². The molecule has 2 atom stereocenters. The number of aromatic nitrogens is 3. The molecule has 0 bridgehead atoms. The highest BCUT2D eigenvalue weighted by Crippen LogP contribution is 2.34. The number of aryl methyl sites for hydroxylation is 1. The normalized spacial score (nSPS) is 17.9. The van der Waals surface area contributed by atoms with Crippen LogP contribution in [0, 0.1) is 18.8 Å². The molecular weight excluding hydrogens is 488 g/mol. The minimum Gasteiger partial charge on any atom is -0.383 e. The molecule has 1 aliphatic rings. The number of Topliss-reactive ketones (excluding diaryl/α,β-unsaturated/α-hetero) is 1. The van der Waals surface area contributed by atoms with Crippen LogP contribution in [0.15, 0.2) is 42.6 Å². The average molecular weight is 521 g/mol. The number of halogens is 1. The number of nitrogens with zero attached hydrogens (tertiary/aromatic N) is 2. The van der Waals surface area contributed by atoms with Gasteiger partial charge in [0.05, 0.1) is 17.8 Å². The number of amides is 1. The van der Waals surface area contributed by atoms with Gasteiger partial charge in [-0.25, -0.2) is 0 Å². The first-order valence-corrected chi connectivity index (χ1v) is 13.3. The summed E-state index contributed by atoms with van der Waals surface area (Å²) in [6.07, 6.45) is 6.96. The summed E-state index contributed by atoms with van der Waals surface area (Å²) < 4.78 is 7.03. The number of rotatable bonds is 9. The van der Waals surface area contributed by atoms with Crippen molar-refractivity contribution in [2.24, 2.45) is 11.8 Å². The number of methoxy groups -OCH3 is 1. The molecule has 2 unspecified atom stereocenters. The summed E-state index contributed by atoms with van der Waals surface area (Å²) in [5.41, 5.74) is 4.10. The smallest absolute Gasteiger partial charge is 0.251 e. The van der Waals surface area contributed by atoms with Crippen LogP contribution in [0.25, 0.3) is 21.8 Å². The van der Waals surface area contributed by atoms with Gasteiger partial charge in [-0.3, -0.25) is 14.3 Å². The molecule has 37 heavy (non-hydrogen) atoms. The van der Waals surface area contributed by atoms with E-state index < -0.39 is 0 Å². The maximum absolute atomic E-state index is 13.0. The number of hydrogen-bond donors (Lipinski definition) is 2. The third-order valence-electron chi connectivity index (χ3n) is 7.54. The molecule has 2 aromatic carbocycles. The molecule has 7 nitrogen and oxygen atoms in total. The van der Waals surface area contributed by atoms with Crippen LogP contribution < -0.4 is 5.32 Å². The van der Waals surface area contributed by atoms with Crippen LogP contribution in [0.3, 0.4) is 0 Å². The second-order valence-electron chi connectivity index (χ2n) is 10.2. The number of H-pyrrole nitrogens is 1. The number of aromatic amines is 1. The van der Waals surface area contributed by atoms with Gasteiger partial charge in [-0.05, 0) is 80.0 Å². The largest absolute Gasteiger partial charge is 0.383 e. The Morgan fingerprint density at radius 2 is 2.03 bits per heavy atom. The maximum Gasteiger partial charge on any atom is 0.251 e. The summed E-state index contributed by atoms with van der Waals surface area (Å²) in [6.45, 7) is 3.75. The second-order valence-corrected chi connectivity index (χ2v) is 10.6. The number of fused-ring (bicyclic) bond motifs is 2. The molecule has 4 aromatic rings. The van der Waals surface area contributed by atoms with Gasteiger partial charge in [0.1, 0.15) is 0 Å². The number of nitrogens with one attached hydrogen (secondary N) is 2. The average Bonchev–Trinajstić information content (AvgIpc) is 3.48. The van der Waals surface area contributed by atoms with E-state index in [2.05, 4.69) is 16.5 Å². The second kappa shape index (κ2) is 11.1. The quantitative estimate of drug-likeness (QED) is 0.211. The van der Waals surface area contributed by atoms with Gasteiger partial charge >= 0.3 is 0 Å². The highest BCUT2D eigenvalue weighted by molar-refractivity contribution is 6.31. The Balaban J connectivity index is 1.23. The van der Waals surface area contributed by atoms with Gasteiger partial charge in [0.15, 0.2) is 5.78 Å². The van der Waals surface area contributed by atoms with Crippen molar-refractivity contribution in [2.75, 3.05) is 20.3 Å². The molecule has 1 fully saturated rings. The zero-order valence-electron chi connectivity index (χ0n) is 21.4. The Morgan fingerprint density at radius 1 is 1.19 bits per heavy atom. The lowest BCUT2D eigenvalue weighted by atomic mass is 9.79. The third-order valence-corrected chi connectivity index (χ3v) is 7.77. The molecule has 1 aliphatic carbocycles. The van der Waals surface area contributed by atoms with E-state index in [0.29, 0.717) is 47.7 Å². The summed E-state index contributed by atoms with van der Waals surface area (Å²) in [7, 11) is 1.62. The first kappa shape index (κ1) is 25.5. The minimum absolute atomic E-state index is 0.0953. The Kier molecular flexibility index (Phi) is 7.63. The van der Waals surface area contributed by atoms with Crippen molar-refractivity contribution in [3.05, 3.63) is 64.4 Å². The van der Waals surface area contributed by atoms with E-state index in [1.165, 1.54) is 0 Å². The molecule has 5 rings (SSSR count). The number of ether oxygens (including phenoxy) is 1. The minimum atomic E-state index is -0.0953. The standard InChI is InChI=1S/C29H33ClN4O3/c1-18-23(29(36)31-10-11-37-2)7-9-26-24(18)17-34(33-26)16-20-5-3-4-19(12-20)13-28(35)27-15-21-14-22(30)6-8-25(21)32-27/h6-9,14-15,17,19-20,32H,3-5,10-13,16H2,1-2H3,(H,31,36). The highest BCUT2D eigenvalue weighted by Gasteiger charge is 2.26. The van der Waals surface area contributed by atoms with E-state index in [1.807, 2.05) is 48.0 Å². The van der Waals surface area contributed by atoms with Crippen LogP contribution in [0.2, 0.25) is 5.02 Å². The van der Waals surface area contributed by atoms with E-state index in [1.54, 1.807) is 7.11 Å². The van der Waals surface area contributed by atoms with Gasteiger partial charge in [-0.15, -0.1) is 0 Å². The van der Waals surface area contributed by atoms with E-state index in [4.69, 9.17) is 21.4 Å². The molecule has 194 valence electrons. The molecule has 0 aliphatic heterocycles. The van der Waals surface area contributed by atoms with E-state index in [0.717, 1.165) is 59.6 Å². The molecular formula is C29H33ClN4O3. The Morgan fingerprint density at radius 3 is 2.86 bits per heavy atom. The summed E-state index contributed by atoms with van der Waals surface area (Å²) in [5, 5.41) is 10.3. The summed E-state index contributed by atoms with van der Waals surface area (Å²) in [4.78, 5) is 28.9. The summed E-state index contributed by atoms with van der Waals surface area (Å²) >= 11 is 6.10. The monoisotopic (exact) mass is 520 g/mol. The van der Waals surface area contributed by atoms with Gasteiger partial charge in [0.2, 0.25) is 0 Å². The molecule has 0 spiro atoms. The molecule has 2 heterocycles. The van der Waals surface area contributed by atoms with Crippen molar-refractivity contribution in [3.63, 3.8) is 0 Å². The predicted octanol–water partition coefficient (Wildman–Crippen LogP) is 5.94. The predicted molar refractivity (Wildman–Crippen MR) is 146 cm³/mol. The van der Waals surface area contributed by atoms with Crippen LogP contribution in [0.5, 0.6) is 0 Å². The molecule has 8 heteroatoms. The van der Waals surface area contributed by atoms with E-state index in [9.17, 15) is 9.59 Å². The van der Waals surface area contributed by atoms with Gasteiger partial charge in [-0.2, -0.15) is 5.10 Å².